The van der Waals surface area contributed by atoms with Crippen molar-refractivity contribution in [2.24, 2.45) is 0 Å². The zero-order valence-electron chi connectivity index (χ0n) is 18.1. The second-order valence-corrected chi connectivity index (χ2v) is 10.3. The smallest absolute Gasteiger partial charge is 0.257 e. The number of rotatable bonds is 6. The summed E-state index contributed by atoms with van der Waals surface area (Å²) in [4.78, 5) is 17.1. The number of pyridine rings is 1. The van der Waals surface area contributed by atoms with Crippen LogP contribution in [0.4, 0.5) is 5.82 Å². The first-order chi connectivity index (χ1) is 16.3. The molecule has 2 aromatic carbocycles. The van der Waals surface area contributed by atoms with Crippen molar-refractivity contribution in [3.63, 3.8) is 0 Å². The minimum atomic E-state index is -3.48. The van der Waals surface area contributed by atoms with Gasteiger partial charge in [0.05, 0.1) is 15.3 Å². The molecule has 1 N–H and O–H groups in total. The molecular weight excluding hydrogens is 478 g/mol. The molecule has 10 heteroatoms. The maximum absolute atomic E-state index is 12.9. The van der Waals surface area contributed by atoms with E-state index in [2.05, 4.69) is 10.3 Å². The molecule has 2 aromatic heterocycles. The number of aromatic nitrogens is 1. The average molecular weight is 498 g/mol. The summed E-state index contributed by atoms with van der Waals surface area (Å²) in [5.74, 6) is 1.45. The Morgan fingerprint density at radius 2 is 1.88 bits per heavy atom. The standard InChI is InChI=1S/C24H20ClN3O5S/c1-15-11-20-21(32-15)12-16(24(29)27-23-8-3-17(25)14-26-23)13-22(20)33-18-4-6-19(7-5-18)34(30,31)28-9-2-10-28/h3-8,11-14H,2,9-10H2,1H3,(H,26,27,29). The third-order valence-corrected chi connectivity index (χ3v) is 7.59. The number of hydrogen-bond acceptors (Lipinski definition) is 6. The number of furan rings is 1. The lowest BCUT2D eigenvalue weighted by atomic mass is 10.1. The molecule has 1 fully saturated rings. The zero-order valence-corrected chi connectivity index (χ0v) is 19.7. The third kappa shape index (κ3) is 4.37. The van der Waals surface area contributed by atoms with Gasteiger partial charge in [-0.2, -0.15) is 4.31 Å². The van der Waals surface area contributed by atoms with E-state index in [1.54, 1.807) is 43.3 Å². The fourth-order valence-corrected chi connectivity index (χ4v) is 5.20. The van der Waals surface area contributed by atoms with Gasteiger partial charge in [0.15, 0.2) is 0 Å². The Bertz CT molecular complexity index is 1480. The minimum absolute atomic E-state index is 0.215. The Labute approximate surface area is 201 Å². The Balaban J connectivity index is 1.43. The lowest BCUT2D eigenvalue weighted by Crippen LogP contribution is -2.41. The molecule has 0 bridgehead atoms. The molecule has 0 spiro atoms. The molecule has 0 atom stereocenters. The number of ether oxygens (including phenoxy) is 1. The van der Waals surface area contributed by atoms with Crippen LogP contribution < -0.4 is 10.1 Å². The zero-order chi connectivity index (χ0) is 23.9. The Hall–Kier alpha value is -3.40. The summed E-state index contributed by atoms with van der Waals surface area (Å²) in [5.41, 5.74) is 0.798. The van der Waals surface area contributed by atoms with E-state index in [0.717, 1.165) is 6.42 Å². The molecule has 0 radical (unpaired) electrons. The monoisotopic (exact) mass is 497 g/mol. The van der Waals surface area contributed by atoms with Crippen LogP contribution in [0.2, 0.25) is 5.02 Å². The van der Waals surface area contributed by atoms with Crippen molar-refractivity contribution in [2.45, 2.75) is 18.2 Å². The molecule has 34 heavy (non-hydrogen) atoms. The van der Waals surface area contributed by atoms with E-state index in [4.69, 9.17) is 20.8 Å². The normalized spacial score (nSPS) is 14.1. The maximum Gasteiger partial charge on any atom is 0.257 e. The molecule has 8 nitrogen and oxygen atoms in total. The van der Waals surface area contributed by atoms with E-state index < -0.39 is 15.9 Å². The number of hydrogen-bond donors (Lipinski definition) is 1. The maximum atomic E-state index is 12.9. The fourth-order valence-electron chi connectivity index (χ4n) is 3.57. The summed E-state index contributed by atoms with van der Waals surface area (Å²) < 4.78 is 38.4. The lowest BCUT2D eigenvalue weighted by Gasteiger charge is -2.29. The van der Waals surface area contributed by atoms with Crippen molar-refractivity contribution in [2.75, 3.05) is 18.4 Å². The molecule has 5 rings (SSSR count). The highest BCUT2D eigenvalue weighted by Crippen LogP contribution is 2.34. The molecule has 4 aromatic rings. The first kappa shape index (κ1) is 22.4. The number of benzene rings is 2. The molecule has 0 aliphatic carbocycles. The van der Waals surface area contributed by atoms with Gasteiger partial charge in [0.25, 0.3) is 5.91 Å². The number of nitrogens with one attached hydrogen (secondary N) is 1. The molecule has 1 saturated heterocycles. The number of fused-ring (bicyclic) bond motifs is 1. The predicted molar refractivity (Wildman–Crippen MR) is 128 cm³/mol. The molecule has 174 valence electrons. The van der Waals surface area contributed by atoms with Crippen LogP contribution in [0.1, 0.15) is 22.5 Å². The van der Waals surface area contributed by atoms with Gasteiger partial charge in [-0.1, -0.05) is 11.6 Å². The molecule has 3 heterocycles. The van der Waals surface area contributed by atoms with Gasteiger partial charge >= 0.3 is 0 Å². The van der Waals surface area contributed by atoms with Gasteiger partial charge in [-0.3, -0.25) is 4.79 Å². The largest absolute Gasteiger partial charge is 0.461 e. The molecule has 1 aliphatic rings. The number of sulfonamides is 1. The molecule has 1 aliphatic heterocycles. The van der Waals surface area contributed by atoms with Crippen molar-refractivity contribution in [3.8, 4) is 11.5 Å². The Morgan fingerprint density at radius 3 is 2.53 bits per heavy atom. The van der Waals surface area contributed by atoms with Gasteiger partial charge in [-0.15, -0.1) is 0 Å². The summed E-state index contributed by atoms with van der Waals surface area (Å²) in [6.07, 6.45) is 2.31. The lowest BCUT2D eigenvalue weighted by molar-refractivity contribution is 0.102. The van der Waals surface area contributed by atoms with Crippen molar-refractivity contribution in [1.29, 1.82) is 0 Å². The van der Waals surface area contributed by atoms with E-state index in [1.807, 2.05) is 6.07 Å². The highest BCUT2D eigenvalue weighted by atomic mass is 35.5. The first-order valence-corrected chi connectivity index (χ1v) is 12.4. The van der Waals surface area contributed by atoms with Gasteiger partial charge in [-0.25, -0.2) is 13.4 Å². The SMILES string of the molecule is Cc1cc2c(Oc3ccc(S(=O)(=O)N4CCC4)cc3)cc(C(=O)Nc3ccc(Cl)cn3)cc2o1. The second-order valence-electron chi connectivity index (χ2n) is 7.89. The van der Waals surface area contributed by atoms with Crippen LogP contribution in [0.3, 0.4) is 0 Å². The summed E-state index contributed by atoms with van der Waals surface area (Å²) in [6.45, 7) is 2.88. The van der Waals surface area contributed by atoms with Gasteiger partial charge < -0.3 is 14.5 Å². The van der Waals surface area contributed by atoms with E-state index >= 15 is 0 Å². The number of aryl methyl sites for hydroxylation is 1. The number of carbonyl (C=O) groups excluding carboxylic acids is 1. The Kier molecular flexibility index (Phi) is 5.76. The van der Waals surface area contributed by atoms with Crippen LogP contribution in [-0.4, -0.2) is 36.7 Å². The summed E-state index contributed by atoms with van der Waals surface area (Å²) in [5, 5.41) is 3.87. The Morgan fingerprint density at radius 1 is 1.12 bits per heavy atom. The molecule has 1 amide bonds. The second kappa shape index (κ2) is 8.75. The molecular formula is C24H20ClN3O5S. The quantitative estimate of drug-likeness (QED) is 0.391. The summed E-state index contributed by atoms with van der Waals surface area (Å²) >= 11 is 5.85. The molecule has 0 unspecified atom stereocenters. The topological polar surface area (TPSA) is 102 Å². The van der Waals surface area contributed by atoms with Crippen LogP contribution in [-0.2, 0) is 10.0 Å². The summed E-state index contributed by atoms with van der Waals surface area (Å²) in [6, 6.07) is 14.5. The van der Waals surface area contributed by atoms with E-state index in [1.165, 1.54) is 22.6 Å². The van der Waals surface area contributed by atoms with Gasteiger partial charge in [-0.05, 0) is 67.9 Å². The van der Waals surface area contributed by atoms with Crippen LogP contribution in [0.15, 0.2) is 70.1 Å². The number of amides is 1. The third-order valence-electron chi connectivity index (χ3n) is 5.46. The van der Waals surface area contributed by atoms with Crippen LogP contribution in [0.25, 0.3) is 11.0 Å². The van der Waals surface area contributed by atoms with E-state index in [9.17, 15) is 13.2 Å². The highest BCUT2D eigenvalue weighted by Gasteiger charge is 2.29. The minimum Gasteiger partial charge on any atom is -0.461 e. The van der Waals surface area contributed by atoms with E-state index in [0.29, 0.717) is 57.7 Å². The van der Waals surface area contributed by atoms with Crippen LogP contribution in [0, 0.1) is 6.92 Å². The number of anilines is 1. The number of nitrogens with zero attached hydrogens (tertiary/aromatic N) is 2. The average Bonchev–Trinajstić information content (AvgIpc) is 3.14. The number of carbonyl (C=O) groups is 1. The number of halogens is 1. The van der Waals surface area contributed by atoms with Crippen molar-refractivity contribution in [3.05, 3.63) is 77.1 Å². The van der Waals surface area contributed by atoms with Crippen molar-refractivity contribution in [1.82, 2.24) is 9.29 Å². The summed E-state index contributed by atoms with van der Waals surface area (Å²) in [7, 11) is -3.48. The van der Waals surface area contributed by atoms with Crippen LogP contribution >= 0.6 is 11.6 Å². The predicted octanol–water partition coefficient (Wildman–Crippen LogP) is 5.23. The molecule has 0 saturated carbocycles. The van der Waals surface area contributed by atoms with Gasteiger partial charge in [0.1, 0.15) is 28.7 Å². The van der Waals surface area contributed by atoms with Crippen LogP contribution in [0.5, 0.6) is 11.5 Å². The van der Waals surface area contributed by atoms with Gasteiger partial charge in [0.2, 0.25) is 10.0 Å². The van der Waals surface area contributed by atoms with Gasteiger partial charge in [0, 0.05) is 24.8 Å². The van der Waals surface area contributed by atoms with E-state index in [-0.39, 0.29) is 4.90 Å². The van der Waals surface area contributed by atoms with Crippen molar-refractivity contribution >= 4 is 44.3 Å². The fraction of sp³-hybridized carbons (Fsp3) is 0.167. The highest BCUT2D eigenvalue weighted by molar-refractivity contribution is 7.89. The van der Waals surface area contributed by atoms with Crippen molar-refractivity contribution < 1.29 is 22.4 Å². The first-order valence-electron chi connectivity index (χ1n) is 10.5.